The van der Waals surface area contributed by atoms with Gasteiger partial charge < -0.3 is 4.98 Å². The maximum atomic E-state index is 13.2. The lowest BCUT2D eigenvalue weighted by molar-refractivity contribution is -0.119. The van der Waals surface area contributed by atoms with E-state index in [-0.39, 0.29) is 17.9 Å². The SMILES string of the molecule is Cn1c(=O)[nH]c2ccc(C3=NC(Cc4ccc(Cl)cc4)C(=O)Cc4ccc(Cl)cc43)cc21. The topological polar surface area (TPSA) is 67.2 Å². The van der Waals surface area contributed by atoms with Crippen molar-refractivity contribution < 1.29 is 4.79 Å². The van der Waals surface area contributed by atoms with E-state index >= 15 is 0 Å². The van der Waals surface area contributed by atoms with Crippen LogP contribution in [0.15, 0.2) is 70.5 Å². The number of aromatic amines is 1. The molecule has 0 amide bonds. The van der Waals surface area contributed by atoms with E-state index in [2.05, 4.69) is 4.98 Å². The molecule has 32 heavy (non-hydrogen) atoms. The molecule has 2 heterocycles. The van der Waals surface area contributed by atoms with E-state index in [9.17, 15) is 9.59 Å². The van der Waals surface area contributed by atoms with Crippen molar-refractivity contribution in [1.82, 2.24) is 9.55 Å². The number of aryl methyl sites for hydroxylation is 1. The average molecular weight is 464 g/mol. The van der Waals surface area contributed by atoms with Gasteiger partial charge in [0.2, 0.25) is 0 Å². The minimum atomic E-state index is -0.539. The van der Waals surface area contributed by atoms with Gasteiger partial charge in [-0.15, -0.1) is 0 Å². The maximum absolute atomic E-state index is 13.2. The zero-order chi connectivity index (χ0) is 22.4. The monoisotopic (exact) mass is 463 g/mol. The molecular formula is C25H19Cl2N3O2. The van der Waals surface area contributed by atoms with Gasteiger partial charge in [-0.05, 0) is 47.5 Å². The van der Waals surface area contributed by atoms with Gasteiger partial charge in [-0.1, -0.05) is 47.5 Å². The summed E-state index contributed by atoms with van der Waals surface area (Å²) >= 11 is 12.3. The Balaban J connectivity index is 1.67. The third-order valence-electron chi connectivity index (χ3n) is 5.87. The van der Waals surface area contributed by atoms with E-state index in [1.54, 1.807) is 17.7 Å². The van der Waals surface area contributed by atoms with Crippen molar-refractivity contribution in [1.29, 1.82) is 0 Å². The van der Waals surface area contributed by atoms with E-state index in [0.29, 0.717) is 22.2 Å². The van der Waals surface area contributed by atoms with Gasteiger partial charge in [0.05, 0.1) is 16.7 Å². The summed E-state index contributed by atoms with van der Waals surface area (Å²) in [6.45, 7) is 0. The summed E-state index contributed by atoms with van der Waals surface area (Å²) in [6.07, 6.45) is 0.759. The van der Waals surface area contributed by atoms with Crippen LogP contribution in [0.3, 0.4) is 0 Å². The number of nitrogens with zero attached hydrogens (tertiary/aromatic N) is 2. The molecule has 1 aliphatic rings. The summed E-state index contributed by atoms with van der Waals surface area (Å²) in [5.74, 6) is 0.0497. The highest BCUT2D eigenvalue weighted by Gasteiger charge is 2.27. The number of H-pyrrole nitrogens is 1. The number of rotatable bonds is 3. The Morgan fingerprint density at radius 1 is 1.00 bits per heavy atom. The molecule has 5 nitrogen and oxygen atoms in total. The smallest absolute Gasteiger partial charge is 0.306 e. The largest absolute Gasteiger partial charge is 0.326 e. The molecule has 7 heteroatoms. The van der Waals surface area contributed by atoms with Crippen molar-refractivity contribution in [2.45, 2.75) is 18.9 Å². The van der Waals surface area contributed by atoms with Crippen molar-refractivity contribution in [3.63, 3.8) is 0 Å². The van der Waals surface area contributed by atoms with Crippen molar-refractivity contribution in [2.24, 2.45) is 12.0 Å². The first-order valence-electron chi connectivity index (χ1n) is 10.2. The van der Waals surface area contributed by atoms with E-state index in [1.165, 1.54) is 0 Å². The summed E-state index contributed by atoms with van der Waals surface area (Å²) in [5, 5.41) is 1.23. The lowest BCUT2D eigenvalue weighted by atomic mass is 9.95. The summed E-state index contributed by atoms with van der Waals surface area (Å²) in [6, 6.07) is 18.2. The number of benzene rings is 3. The van der Waals surface area contributed by atoms with E-state index in [4.69, 9.17) is 28.2 Å². The molecular weight excluding hydrogens is 445 g/mol. The Labute approximate surface area is 194 Å². The highest BCUT2D eigenvalue weighted by atomic mass is 35.5. The first kappa shape index (κ1) is 20.7. The molecule has 0 fully saturated rings. The standard InChI is InChI=1S/C25H19Cl2N3O2/c1-30-22-11-16(5-9-20(22)29-25(30)32)24-19-13-18(27)8-4-15(19)12-23(31)21(28-24)10-14-2-6-17(26)7-3-14/h2-9,11,13,21H,10,12H2,1H3,(H,29,32). The number of ketones is 1. The highest BCUT2D eigenvalue weighted by molar-refractivity contribution is 6.31. The Kier molecular flexibility index (Phi) is 5.24. The molecule has 0 aliphatic carbocycles. The first-order valence-corrected chi connectivity index (χ1v) is 11.0. The fourth-order valence-electron chi connectivity index (χ4n) is 4.13. The summed E-state index contributed by atoms with van der Waals surface area (Å²) < 4.78 is 1.56. The molecule has 1 N–H and O–H groups in total. The van der Waals surface area contributed by atoms with Crippen LogP contribution < -0.4 is 5.69 Å². The van der Waals surface area contributed by atoms with Gasteiger partial charge in [-0.2, -0.15) is 0 Å². The van der Waals surface area contributed by atoms with Crippen LogP contribution in [-0.4, -0.2) is 27.1 Å². The van der Waals surface area contributed by atoms with Gasteiger partial charge >= 0.3 is 5.69 Å². The second-order valence-corrected chi connectivity index (χ2v) is 8.86. The number of imidazole rings is 1. The van der Waals surface area contributed by atoms with E-state index in [1.807, 2.05) is 54.6 Å². The van der Waals surface area contributed by atoms with Crippen molar-refractivity contribution in [2.75, 3.05) is 0 Å². The number of halogens is 2. The number of hydrogen-bond donors (Lipinski definition) is 1. The zero-order valence-electron chi connectivity index (χ0n) is 17.2. The number of carbonyl (C=O) groups is 1. The first-order chi connectivity index (χ1) is 15.4. The average Bonchev–Trinajstić information content (AvgIpc) is 2.98. The third-order valence-corrected chi connectivity index (χ3v) is 6.36. The Morgan fingerprint density at radius 3 is 2.53 bits per heavy atom. The van der Waals surface area contributed by atoms with Gasteiger partial charge in [-0.25, -0.2) is 4.79 Å². The van der Waals surface area contributed by atoms with Gasteiger partial charge in [-0.3, -0.25) is 14.4 Å². The molecule has 1 unspecified atom stereocenters. The molecule has 1 aliphatic heterocycles. The maximum Gasteiger partial charge on any atom is 0.326 e. The van der Waals surface area contributed by atoms with Crippen LogP contribution in [0, 0.1) is 0 Å². The molecule has 3 aromatic carbocycles. The molecule has 4 aromatic rings. The fourth-order valence-corrected chi connectivity index (χ4v) is 4.43. The second-order valence-electron chi connectivity index (χ2n) is 7.99. The second kappa shape index (κ2) is 8.08. The van der Waals surface area contributed by atoms with Crippen LogP contribution in [-0.2, 0) is 24.7 Å². The predicted octanol–water partition coefficient (Wildman–Crippen LogP) is 4.75. The molecule has 1 atom stereocenters. The number of fused-ring (bicyclic) bond motifs is 2. The molecule has 160 valence electrons. The molecule has 0 bridgehead atoms. The van der Waals surface area contributed by atoms with Gasteiger partial charge in [0.25, 0.3) is 0 Å². The van der Waals surface area contributed by atoms with Crippen LogP contribution in [0.2, 0.25) is 10.0 Å². The van der Waals surface area contributed by atoms with Crippen molar-refractivity contribution >= 4 is 45.7 Å². The lowest BCUT2D eigenvalue weighted by Crippen LogP contribution is -2.23. The number of aromatic nitrogens is 2. The highest BCUT2D eigenvalue weighted by Crippen LogP contribution is 2.27. The normalized spacial score (nSPS) is 16.0. The Bertz CT molecular complexity index is 1450. The van der Waals surface area contributed by atoms with Crippen molar-refractivity contribution in [3.8, 4) is 0 Å². The minimum Gasteiger partial charge on any atom is -0.306 e. The minimum absolute atomic E-state index is 0.0497. The van der Waals surface area contributed by atoms with Crippen LogP contribution in [0.5, 0.6) is 0 Å². The Hall–Kier alpha value is -3.15. The summed E-state index contributed by atoms with van der Waals surface area (Å²) in [7, 11) is 1.72. The van der Waals surface area contributed by atoms with E-state index in [0.717, 1.165) is 33.3 Å². The van der Waals surface area contributed by atoms with Crippen molar-refractivity contribution in [3.05, 3.63) is 103 Å². The summed E-state index contributed by atoms with van der Waals surface area (Å²) in [5.41, 5.74) is 5.57. The van der Waals surface area contributed by atoms with Gasteiger partial charge in [0, 0.05) is 41.1 Å². The van der Waals surface area contributed by atoms with Crippen LogP contribution >= 0.6 is 23.2 Å². The van der Waals surface area contributed by atoms with Crippen LogP contribution in [0.4, 0.5) is 0 Å². The van der Waals surface area contributed by atoms with Gasteiger partial charge in [0.15, 0.2) is 5.78 Å². The number of nitrogens with one attached hydrogen (secondary N) is 1. The molecule has 0 saturated carbocycles. The quantitative estimate of drug-likeness (QED) is 0.476. The number of carbonyl (C=O) groups excluding carboxylic acids is 1. The molecule has 5 rings (SSSR count). The van der Waals surface area contributed by atoms with Gasteiger partial charge in [0.1, 0.15) is 6.04 Å². The number of Topliss-reactive ketones (excluding diaryl/α,β-unsaturated/α-hetero) is 1. The molecule has 0 saturated heterocycles. The molecule has 0 radical (unpaired) electrons. The zero-order valence-corrected chi connectivity index (χ0v) is 18.7. The number of hydrogen-bond acceptors (Lipinski definition) is 3. The molecule has 1 aromatic heterocycles. The molecule has 0 spiro atoms. The van der Waals surface area contributed by atoms with Crippen LogP contribution in [0.25, 0.3) is 11.0 Å². The predicted molar refractivity (Wildman–Crippen MR) is 128 cm³/mol. The van der Waals surface area contributed by atoms with Crippen LogP contribution in [0.1, 0.15) is 22.3 Å². The Morgan fingerprint density at radius 2 is 1.75 bits per heavy atom. The van der Waals surface area contributed by atoms with E-state index < -0.39 is 6.04 Å². The summed E-state index contributed by atoms with van der Waals surface area (Å²) in [4.78, 5) is 33.0. The lowest BCUT2D eigenvalue weighted by Gasteiger charge is -2.12. The number of aliphatic imine (C=N–C) groups is 1. The fraction of sp³-hybridized carbons (Fsp3) is 0.160. The third kappa shape index (κ3) is 3.78.